The predicted octanol–water partition coefficient (Wildman–Crippen LogP) is 3.28. The second-order valence-electron chi connectivity index (χ2n) is 5.45. The fourth-order valence-corrected chi connectivity index (χ4v) is 2.42. The maximum Gasteiger partial charge on any atom is 0.337 e. The van der Waals surface area contributed by atoms with Crippen LogP contribution in [0.5, 0.6) is 0 Å². The Labute approximate surface area is 134 Å². The average molecular weight is 307 g/mol. The zero-order chi connectivity index (χ0) is 16.6. The summed E-state index contributed by atoms with van der Waals surface area (Å²) >= 11 is 0. The monoisotopic (exact) mass is 307 g/mol. The van der Waals surface area contributed by atoms with Crippen LogP contribution in [-0.2, 0) is 4.74 Å². The predicted molar refractivity (Wildman–Crippen MR) is 90.2 cm³/mol. The van der Waals surface area contributed by atoms with Crippen LogP contribution in [0.2, 0.25) is 0 Å². The van der Waals surface area contributed by atoms with Gasteiger partial charge in [-0.05, 0) is 49.2 Å². The topological polar surface area (TPSA) is 78.1 Å². The van der Waals surface area contributed by atoms with Gasteiger partial charge < -0.3 is 10.5 Å². The van der Waals surface area contributed by atoms with Crippen LogP contribution < -0.4 is 5.73 Å². The van der Waals surface area contributed by atoms with Crippen molar-refractivity contribution in [2.24, 2.45) is 0 Å². The van der Waals surface area contributed by atoms with Gasteiger partial charge in [-0.3, -0.25) is 0 Å². The van der Waals surface area contributed by atoms with Crippen LogP contribution in [0.1, 0.15) is 21.5 Å². The summed E-state index contributed by atoms with van der Waals surface area (Å²) < 4.78 is 4.70. The number of nitrogens with zero attached hydrogens (tertiary/aromatic N) is 2. The first-order chi connectivity index (χ1) is 11.0. The largest absolute Gasteiger partial charge is 0.465 e. The van der Waals surface area contributed by atoms with Gasteiger partial charge >= 0.3 is 5.97 Å². The van der Waals surface area contributed by atoms with Crippen LogP contribution in [0.25, 0.3) is 22.3 Å². The normalized spacial score (nSPS) is 10.7. The number of ether oxygens (including phenoxy) is 1. The molecule has 1 heterocycles. The lowest BCUT2D eigenvalue weighted by atomic mass is 10.1. The quantitative estimate of drug-likeness (QED) is 0.735. The Morgan fingerprint density at radius 3 is 2.13 bits per heavy atom. The van der Waals surface area contributed by atoms with Gasteiger partial charge in [-0.2, -0.15) is 0 Å². The number of nitrogen functional groups attached to an aromatic ring is 1. The van der Waals surface area contributed by atoms with E-state index < -0.39 is 0 Å². The third-order valence-electron chi connectivity index (χ3n) is 3.89. The molecule has 0 aliphatic rings. The molecule has 3 aromatic rings. The summed E-state index contributed by atoms with van der Waals surface area (Å²) in [6, 6.07) is 10.9. The lowest BCUT2D eigenvalue weighted by Gasteiger charge is -2.09. The molecular formula is C18H17N3O2. The van der Waals surface area contributed by atoms with Crippen LogP contribution in [0.3, 0.4) is 0 Å². The van der Waals surface area contributed by atoms with E-state index in [0.717, 1.165) is 27.7 Å². The highest BCUT2D eigenvalue weighted by atomic mass is 16.5. The third kappa shape index (κ3) is 2.73. The van der Waals surface area contributed by atoms with Gasteiger partial charge in [-0.15, -0.1) is 0 Å². The van der Waals surface area contributed by atoms with Gasteiger partial charge in [-0.25, -0.2) is 14.8 Å². The lowest BCUT2D eigenvalue weighted by molar-refractivity contribution is 0.0601. The van der Waals surface area contributed by atoms with E-state index in [4.69, 9.17) is 10.5 Å². The summed E-state index contributed by atoms with van der Waals surface area (Å²) in [7, 11) is 1.35. The van der Waals surface area contributed by atoms with Gasteiger partial charge in [-0.1, -0.05) is 12.1 Å². The Kier molecular flexibility index (Phi) is 3.70. The molecule has 0 fully saturated rings. The van der Waals surface area contributed by atoms with Crippen LogP contribution >= 0.6 is 0 Å². The minimum Gasteiger partial charge on any atom is -0.465 e. The molecule has 0 radical (unpaired) electrons. The molecule has 1 aromatic heterocycles. The van der Waals surface area contributed by atoms with Crippen molar-refractivity contribution < 1.29 is 9.53 Å². The SMILES string of the molecule is COC(=O)c1ccc(-c2nc3cc(C)c(C)cc3nc2N)cc1. The third-order valence-corrected chi connectivity index (χ3v) is 3.89. The van der Waals surface area contributed by atoms with Crippen molar-refractivity contribution >= 4 is 22.8 Å². The van der Waals surface area contributed by atoms with Gasteiger partial charge in [0.1, 0.15) is 5.69 Å². The highest BCUT2D eigenvalue weighted by Gasteiger charge is 2.11. The molecule has 0 amide bonds. The Bertz CT molecular complexity index is 902. The summed E-state index contributed by atoms with van der Waals surface area (Å²) in [6.45, 7) is 4.07. The van der Waals surface area contributed by atoms with E-state index in [2.05, 4.69) is 9.97 Å². The minimum atomic E-state index is -0.375. The van der Waals surface area contributed by atoms with Gasteiger partial charge in [0, 0.05) is 5.56 Å². The molecule has 23 heavy (non-hydrogen) atoms. The zero-order valence-corrected chi connectivity index (χ0v) is 13.3. The number of benzene rings is 2. The highest BCUT2D eigenvalue weighted by Crippen LogP contribution is 2.26. The summed E-state index contributed by atoms with van der Waals surface area (Å²) in [6.07, 6.45) is 0. The molecular weight excluding hydrogens is 290 g/mol. The van der Waals surface area contributed by atoms with Crippen LogP contribution in [-0.4, -0.2) is 23.0 Å². The Hall–Kier alpha value is -2.95. The number of aromatic nitrogens is 2. The molecule has 5 nitrogen and oxygen atoms in total. The van der Waals surface area contributed by atoms with Crippen molar-refractivity contribution in [3.63, 3.8) is 0 Å². The van der Waals surface area contributed by atoms with E-state index in [9.17, 15) is 4.79 Å². The summed E-state index contributed by atoms with van der Waals surface area (Å²) in [5.74, 6) is -0.00760. The molecule has 0 saturated heterocycles. The Morgan fingerprint density at radius 1 is 1.00 bits per heavy atom. The standard InChI is InChI=1S/C18H17N3O2/c1-10-8-14-15(9-11(10)2)21-17(19)16(20-14)12-4-6-13(7-5-12)18(22)23-3/h4-9H,1-3H3,(H2,19,21). The van der Waals surface area contributed by atoms with Crippen LogP contribution in [0, 0.1) is 13.8 Å². The molecule has 3 rings (SSSR count). The number of esters is 1. The second-order valence-corrected chi connectivity index (χ2v) is 5.45. The number of rotatable bonds is 2. The molecule has 0 saturated carbocycles. The molecule has 0 bridgehead atoms. The van der Waals surface area contributed by atoms with Gasteiger partial charge in [0.05, 0.1) is 23.7 Å². The Morgan fingerprint density at radius 2 is 1.57 bits per heavy atom. The first kappa shape index (κ1) is 15.0. The molecule has 0 aliphatic carbocycles. The average Bonchev–Trinajstić information content (AvgIpc) is 2.55. The van der Waals surface area contributed by atoms with Gasteiger partial charge in [0.25, 0.3) is 0 Å². The smallest absolute Gasteiger partial charge is 0.337 e. The number of hydrogen-bond donors (Lipinski definition) is 1. The number of aryl methyl sites for hydroxylation is 2. The maximum atomic E-state index is 11.5. The number of nitrogens with two attached hydrogens (primary N) is 1. The fourth-order valence-electron chi connectivity index (χ4n) is 2.42. The van der Waals surface area contributed by atoms with Crippen molar-refractivity contribution in [1.82, 2.24) is 9.97 Å². The summed E-state index contributed by atoms with van der Waals surface area (Å²) in [5.41, 5.74) is 11.9. The lowest BCUT2D eigenvalue weighted by Crippen LogP contribution is -2.02. The van der Waals surface area contributed by atoms with Gasteiger partial charge in [0.2, 0.25) is 0 Å². The van der Waals surface area contributed by atoms with Crippen molar-refractivity contribution in [1.29, 1.82) is 0 Å². The molecule has 0 aliphatic heterocycles. The summed E-state index contributed by atoms with van der Waals surface area (Å²) in [5, 5.41) is 0. The number of hydrogen-bond acceptors (Lipinski definition) is 5. The first-order valence-corrected chi connectivity index (χ1v) is 7.23. The van der Waals surface area contributed by atoms with E-state index in [-0.39, 0.29) is 5.97 Å². The maximum absolute atomic E-state index is 11.5. The molecule has 5 heteroatoms. The van der Waals surface area contributed by atoms with E-state index >= 15 is 0 Å². The molecule has 2 aromatic carbocycles. The van der Waals surface area contributed by atoms with E-state index in [1.165, 1.54) is 7.11 Å². The van der Waals surface area contributed by atoms with E-state index in [0.29, 0.717) is 17.1 Å². The van der Waals surface area contributed by atoms with Crippen molar-refractivity contribution in [2.45, 2.75) is 13.8 Å². The Balaban J connectivity index is 2.10. The summed E-state index contributed by atoms with van der Waals surface area (Å²) in [4.78, 5) is 20.6. The van der Waals surface area contributed by atoms with Crippen molar-refractivity contribution in [3.05, 3.63) is 53.1 Å². The van der Waals surface area contributed by atoms with Crippen molar-refractivity contribution in [2.75, 3.05) is 12.8 Å². The van der Waals surface area contributed by atoms with E-state index in [1.807, 2.05) is 26.0 Å². The van der Waals surface area contributed by atoms with Crippen LogP contribution in [0.15, 0.2) is 36.4 Å². The molecule has 116 valence electrons. The number of methoxy groups -OCH3 is 1. The molecule has 0 unspecified atom stereocenters. The molecule has 0 spiro atoms. The van der Waals surface area contributed by atoms with Gasteiger partial charge in [0.15, 0.2) is 5.82 Å². The highest BCUT2D eigenvalue weighted by molar-refractivity contribution is 5.90. The second kappa shape index (κ2) is 5.68. The first-order valence-electron chi connectivity index (χ1n) is 7.23. The number of carbonyl (C=O) groups excluding carboxylic acids is 1. The van der Waals surface area contributed by atoms with Crippen LogP contribution in [0.4, 0.5) is 5.82 Å². The fraction of sp³-hybridized carbons (Fsp3) is 0.167. The zero-order valence-electron chi connectivity index (χ0n) is 13.3. The number of fused-ring (bicyclic) bond motifs is 1. The number of carbonyl (C=O) groups is 1. The number of anilines is 1. The van der Waals surface area contributed by atoms with Crippen molar-refractivity contribution in [3.8, 4) is 11.3 Å². The van der Waals surface area contributed by atoms with E-state index in [1.54, 1.807) is 24.3 Å². The molecule has 2 N–H and O–H groups in total. The minimum absolute atomic E-state index is 0.367. The molecule has 0 atom stereocenters.